The lowest BCUT2D eigenvalue weighted by molar-refractivity contribution is 0.534. The van der Waals surface area contributed by atoms with Crippen molar-refractivity contribution in [2.45, 2.75) is 44.9 Å². The first-order valence-electron chi connectivity index (χ1n) is 4.81. The fourth-order valence-electron chi connectivity index (χ4n) is 1.10. The van der Waals surface area contributed by atoms with Gasteiger partial charge in [0, 0.05) is 5.38 Å². The van der Waals surface area contributed by atoms with Crippen LogP contribution in [0.3, 0.4) is 0 Å². The minimum Gasteiger partial charge on any atom is -0.165 e. The van der Waals surface area contributed by atoms with Gasteiger partial charge in [0.05, 0.1) is 0 Å². The Morgan fingerprint density at radius 2 is 1.83 bits per heavy atom. The molecule has 12 heavy (non-hydrogen) atoms. The first-order valence-corrected chi connectivity index (χ1v) is 6.64. The molecule has 0 aliphatic rings. The van der Waals surface area contributed by atoms with E-state index in [4.69, 9.17) is 11.6 Å². The van der Waals surface area contributed by atoms with Crippen molar-refractivity contribution in [3.8, 4) is 0 Å². The molecule has 0 rings (SSSR count). The van der Waals surface area contributed by atoms with Crippen LogP contribution in [0.15, 0.2) is 0 Å². The van der Waals surface area contributed by atoms with E-state index in [0.717, 1.165) is 0 Å². The summed E-state index contributed by atoms with van der Waals surface area (Å²) >= 11 is 8.06. The van der Waals surface area contributed by atoms with Crippen molar-refractivity contribution >= 4 is 23.4 Å². The standard InChI is InChI=1S/C10H21ClS/c1-9(2)10(11)7-5-4-6-8-12-3/h9-10H,4-8H2,1-3H3. The van der Waals surface area contributed by atoms with Gasteiger partial charge in [-0.1, -0.05) is 26.7 Å². The average Bonchev–Trinajstić information content (AvgIpc) is 2.03. The highest BCUT2D eigenvalue weighted by molar-refractivity contribution is 7.98. The molecule has 74 valence electrons. The van der Waals surface area contributed by atoms with Gasteiger partial charge in [-0.05, 0) is 30.8 Å². The van der Waals surface area contributed by atoms with Gasteiger partial charge in [0.25, 0.3) is 0 Å². The quantitative estimate of drug-likeness (QED) is 0.447. The first kappa shape index (κ1) is 12.6. The molecule has 0 amide bonds. The third-order valence-electron chi connectivity index (χ3n) is 2.05. The second-order valence-corrected chi connectivity index (χ2v) is 5.15. The van der Waals surface area contributed by atoms with Gasteiger partial charge in [-0.3, -0.25) is 0 Å². The Morgan fingerprint density at radius 1 is 1.17 bits per heavy atom. The zero-order chi connectivity index (χ0) is 9.40. The van der Waals surface area contributed by atoms with Crippen LogP contribution in [-0.2, 0) is 0 Å². The van der Waals surface area contributed by atoms with Crippen LogP contribution in [0.5, 0.6) is 0 Å². The van der Waals surface area contributed by atoms with Crippen molar-refractivity contribution in [3.63, 3.8) is 0 Å². The maximum Gasteiger partial charge on any atom is 0.0359 e. The summed E-state index contributed by atoms with van der Waals surface area (Å²) in [7, 11) is 0. The van der Waals surface area contributed by atoms with Crippen molar-refractivity contribution in [2.24, 2.45) is 5.92 Å². The number of halogens is 1. The van der Waals surface area contributed by atoms with Crippen molar-refractivity contribution in [2.75, 3.05) is 12.0 Å². The van der Waals surface area contributed by atoms with Gasteiger partial charge in [0.1, 0.15) is 0 Å². The van der Waals surface area contributed by atoms with Gasteiger partial charge in [-0.2, -0.15) is 11.8 Å². The Balaban J connectivity index is 3.08. The maximum atomic E-state index is 6.12. The van der Waals surface area contributed by atoms with Crippen LogP contribution >= 0.6 is 23.4 Å². The van der Waals surface area contributed by atoms with Gasteiger partial charge >= 0.3 is 0 Å². The third kappa shape index (κ3) is 7.30. The van der Waals surface area contributed by atoms with Crippen molar-refractivity contribution < 1.29 is 0 Å². The number of unbranched alkanes of at least 4 members (excludes halogenated alkanes) is 2. The predicted molar refractivity (Wildman–Crippen MR) is 61.3 cm³/mol. The number of hydrogen-bond acceptors (Lipinski definition) is 1. The summed E-state index contributed by atoms with van der Waals surface area (Å²) < 4.78 is 0. The molecule has 0 heterocycles. The monoisotopic (exact) mass is 208 g/mol. The van der Waals surface area contributed by atoms with Crippen LogP contribution in [-0.4, -0.2) is 17.4 Å². The molecule has 0 bridgehead atoms. The van der Waals surface area contributed by atoms with Gasteiger partial charge in [0.15, 0.2) is 0 Å². The predicted octanol–water partition coefficient (Wildman–Crippen LogP) is 4.17. The van der Waals surface area contributed by atoms with Crippen LogP contribution in [0.1, 0.15) is 39.5 Å². The van der Waals surface area contributed by atoms with Gasteiger partial charge in [-0.25, -0.2) is 0 Å². The van der Waals surface area contributed by atoms with Crippen molar-refractivity contribution in [1.29, 1.82) is 0 Å². The van der Waals surface area contributed by atoms with E-state index in [2.05, 4.69) is 20.1 Å². The van der Waals surface area contributed by atoms with Crippen LogP contribution in [0.4, 0.5) is 0 Å². The second-order valence-electron chi connectivity index (χ2n) is 3.60. The summed E-state index contributed by atoms with van der Waals surface area (Å²) in [5, 5.41) is 0.388. The summed E-state index contributed by atoms with van der Waals surface area (Å²) in [4.78, 5) is 0. The molecule has 0 aromatic rings. The van der Waals surface area contributed by atoms with Crippen LogP contribution in [0.25, 0.3) is 0 Å². The van der Waals surface area contributed by atoms with E-state index in [0.29, 0.717) is 11.3 Å². The van der Waals surface area contributed by atoms with Crippen molar-refractivity contribution in [3.05, 3.63) is 0 Å². The SMILES string of the molecule is CSCCCCCC(Cl)C(C)C. The van der Waals surface area contributed by atoms with Gasteiger partial charge < -0.3 is 0 Å². The summed E-state index contributed by atoms with van der Waals surface area (Å²) in [6.45, 7) is 4.39. The van der Waals surface area contributed by atoms with Crippen LogP contribution < -0.4 is 0 Å². The molecular weight excluding hydrogens is 188 g/mol. The summed E-state index contributed by atoms with van der Waals surface area (Å²) in [5.41, 5.74) is 0. The van der Waals surface area contributed by atoms with E-state index in [9.17, 15) is 0 Å². The fraction of sp³-hybridized carbons (Fsp3) is 1.00. The lowest BCUT2D eigenvalue weighted by Gasteiger charge is -2.12. The number of rotatable bonds is 7. The highest BCUT2D eigenvalue weighted by Gasteiger charge is 2.07. The van der Waals surface area contributed by atoms with Gasteiger partial charge in [0.2, 0.25) is 0 Å². The second kappa shape index (κ2) is 8.25. The Kier molecular flexibility index (Phi) is 8.69. The van der Waals surface area contributed by atoms with Gasteiger partial charge in [-0.15, -0.1) is 11.6 Å². The summed E-state index contributed by atoms with van der Waals surface area (Å²) in [6.07, 6.45) is 7.35. The first-order chi connectivity index (χ1) is 5.68. The molecule has 2 heteroatoms. The lowest BCUT2D eigenvalue weighted by atomic mass is 10.0. The minimum absolute atomic E-state index is 0.388. The zero-order valence-electron chi connectivity index (χ0n) is 8.48. The summed E-state index contributed by atoms with van der Waals surface area (Å²) in [5.74, 6) is 1.93. The molecule has 0 aliphatic heterocycles. The average molecular weight is 209 g/mol. The van der Waals surface area contributed by atoms with E-state index < -0.39 is 0 Å². The molecular formula is C10H21ClS. The third-order valence-corrected chi connectivity index (χ3v) is 3.47. The molecule has 1 unspecified atom stereocenters. The fourth-order valence-corrected chi connectivity index (χ4v) is 1.74. The Hall–Kier alpha value is 0.640. The summed E-state index contributed by atoms with van der Waals surface area (Å²) in [6, 6.07) is 0. The largest absolute Gasteiger partial charge is 0.165 e. The molecule has 0 N–H and O–H groups in total. The number of thioether (sulfide) groups is 1. The molecule has 0 saturated heterocycles. The number of alkyl halides is 1. The van der Waals surface area contributed by atoms with E-state index in [1.54, 1.807) is 0 Å². The molecule has 0 fully saturated rings. The molecule has 0 aromatic heterocycles. The van der Waals surface area contributed by atoms with E-state index in [1.807, 2.05) is 11.8 Å². The highest BCUT2D eigenvalue weighted by Crippen LogP contribution is 2.17. The topological polar surface area (TPSA) is 0 Å². The lowest BCUT2D eigenvalue weighted by Crippen LogP contribution is -2.07. The molecule has 0 aromatic carbocycles. The smallest absolute Gasteiger partial charge is 0.0359 e. The minimum atomic E-state index is 0.388. The van der Waals surface area contributed by atoms with E-state index in [1.165, 1.54) is 31.4 Å². The molecule has 0 radical (unpaired) electrons. The molecule has 0 nitrogen and oxygen atoms in total. The molecule has 0 aliphatic carbocycles. The van der Waals surface area contributed by atoms with Crippen molar-refractivity contribution in [1.82, 2.24) is 0 Å². The molecule has 0 spiro atoms. The highest BCUT2D eigenvalue weighted by atomic mass is 35.5. The number of hydrogen-bond donors (Lipinski definition) is 0. The maximum absolute atomic E-state index is 6.12. The Labute approximate surface area is 86.5 Å². The van der Waals surface area contributed by atoms with E-state index >= 15 is 0 Å². The zero-order valence-corrected chi connectivity index (χ0v) is 10.0. The Morgan fingerprint density at radius 3 is 2.33 bits per heavy atom. The molecule has 1 atom stereocenters. The van der Waals surface area contributed by atoms with Crippen LogP contribution in [0.2, 0.25) is 0 Å². The Bertz CT molecular complexity index is 93.8. The van der Waals surface area contributed by atoms with E-state index in [-0.39, 0.29) is 0 Å². The van der Waals surface area contributed by atoms with Crippen LogP contribution in [0, 0.1) is 5.92 Å². The molecule has 0 saturated carbocycles. The normalized spacial score (nSPS) is 13.8.